The van der Waals surface area contributed by atoms with Gasteiger partial charge in [0.05, 0.1) is 7.98 Å². The molecular formula is C17H23NO3. The Morgan fingerprint density at radius 3 is 2.76 bits per heavy atom. The summed E-state index contributed by atoms with van der Waals surface area (Å²) < 4.78 is 29.6. The molecule has 2 heterocycles. The molecule has 2 bridgehead atoms. The van der Waals surface area contributed by atoms with Crippen LogP contribution in [0.15, 0.2) is 30.3 Å². The molecule has 4 atom stereocenters. The Morgan fingerprint density at radius 2 is 2.14 bits per heavy atom. The van der Waals surface area contributed by atoms with E-state index in [2.05, 4.69) is 17.1 Å². The van der Waals surface area contributed by atoms with Crippen LogP contribution in [-0.2, 0) is 9.53 Å². The fourth-order valence-electron chi connectivity index (χ4n) is 3.37. The van der Waals surface area contributed by atoms with Crippen LogP contribution in [0.25, 0.3) is 0 Å². The monoisotopic (exact) mass is 292 g/mol. The number of hydrogen-bond acceptors (Lipinski definition) is 4. The molecule has 4 heteroatoms. The van der Waals surface area contributed by atoms with E-state index in [1.165, 1.54) is 0 Å². The number of carbonyl (C=O) groups excluding carboxylic acids is 1. The van der Waals surface area contributed by atoms with Crippen LogP contribution < -0.4 is 0 Å². The summed E-state index contributed by atoms with van der Waals surface area (Å²) in [7, 11) is 2.05. The fraction of sp³-hybridized carbons (Fsp3) is 0.588. The lowest BCUT2D eigenvalue weighted by Crippen LogP contribution is -2.43. The lowest BCUT2D eigenvalue weighted by atomic mass is 9.98. The number of piperidine rings is 1. The molecule has 2 unspecified atom stereocenters. The van der Waals surface area contributed by atoms with Gasteiger partial charge in [-0.05, 0) is 38.3 Å². The van der Waals surface area contributed by atoms with Gasteiger partial charge in [-0.25, -0.2) is 0 Å². The molecule has 2 saturated heterocycles. The maximum absolute atomic E-state index is 12.7. The van der Waals surface area contributed by atoms with E-state index in [-0.39, 0.29) is 12.1 Å². The first-order valence-electron chi connectivity index (χ1n) is 8.88. The zero-order valence-corrected chi connectivity index (χ0v) is 12.2. The standard InChI is InChI=1S/C17H23NO3/c1-18-13-7-8-14(18)10-15(9-13)21-17(20)16(11-19)12-5-3-2-4-6-12/h2-6,13-16,19H,7-11H2,1H3/t13-,14?,15-,16?/m1/s1/i15D,16D,19D. The predicted octanol–water partition coefficient (Wildman–Crippen LogP) is 1.93. The van der Waals surface area contributed by atoms with Crippen molar-refractivity contribution in [3.63, 3.8) is 0 Å². The van der Waals surface area contributed by atoms with Crippen LogP contribution in [-0.4, -0.2) is 49.2 Å². The Balaban J connectivity index is 1.79. The maximum Gasteiger partial charge on any atom is 0.316 e. The van der Waals surface area contributed by atoms with Crippen molar-refractivity contribution in [3.05, 3.63) is 35.9 Å². The van der Waals surface area contributed by atoms with Crippen molar-refractivity contribution in [1.29, 1.82) is 1.43 Å². The van der Waals surface area contributed by atoms with E-state index in [1.54, 1.807) is 30.3 Å². The number of rotatable bonds is 5. The number of benzene rings is 1. The number of esters is 1. The second-order valence-corrected chi connectivity index (χ2v) is 5.88. The van der Waals surface area contributed by atoms with Crippen LogP contribution in [0, 0.1) is 0 Å². The average Bonchev–Trinajstić information content (AvgIpc) is 2.78. The number of nitrogens with zero attached hydrogens (tertiary/aromatic N) is 1. The minimum Gasteiger partial charge on any atom is -0.462 e. The quantitative estimate of drug-likeness (QED) is 0.843. The molecule has 2 aliphatic rings. The van der Waals surface area contributed by atoms with Gasteiger partial charge in [0.1, 0.15) is 12.0 Å². The number of fused-ring (bicyclic) bond motifs is 2. The molecule has 1 aromatic rings. The third-order valence-corrected chi connectivity index (χ3v) is 4.66. The third-order valence-electron chi connectivity index (χ3n) is 4.66. The molecular weight excluding hydrogens is 266 g/mol. The van der Waals surface area contributed by atoms with E-state index in [1.807, 2.05) is 0 Å². The molecule has 1 aromatic carbocycles. The van der Waals surface area contributed by atoms with Gasteiger partial charge in [0.25, 0.3) is 0 Å². The summed E-state index contributed by atoms with van der Waals surface area (Å²) in [6, 6.07) is 9.02. The molecule has 1 N–H and O–H groups in total. The Morgan fingerprint density at radius 1 is 1.48 bits per heavy atom. The van der Waals surface area contributed by atoms with Crippen LogP contribution in [0.5, 0.6) is 0 Å². The Bertz CT molecular complexity index is 586. The molecule has 0 aromatic heterocycles. The molecule has 2 fully saturated rings. The van der Waals surface area contributed by atoms with E-state index in [4.69, 9.17) is 8.91 Å². The van der Waals surface area contributed by atoms with Crippen LogP contribution in [0.2, 0.25) is 0 Å². The molecule has 0 radical (unpaired) electrons. The largest absolute Gasteiger partial charge is 0.462 e. The van der Waals surface area contributed by atoms with Crippen molar-refractivity contribution < 1.29 is 17.4 Å². The summed E-state index contributed by atoms with van der Waals surface area (Å²) >= 11 is 0. The van der Waals surface area contributed by atoms with Crippen LogP contribution in [0.1, 0.15) is 39.9 Å². The third kappa shape index (κ3) is 2.97. The smallest absolute Gasteiger partial charge is 0.316 e. The summed E-state index contributed by atoms with van der Waals surface area (Å²) in [4.78, 5) is 15.0. The molecule has 0 amide bonds. The molecule has 21 heavy (non-hydrogen) atoms. The second-order valence-electron chi connectivity index (χ2n) is 5.88. The van der Waals surface area contributed by atoms with E-state index >= 15 is 0 Å². The Labute approximate surface area is 130 Å². The van der Waals surface area contributed by atoms with Gasteiger partial charge in [-0.15, -0.1) is 0 Å². The lowest BCUT2D eigenvalue weighted by molar-refractivity contribution is -0.155. The van der Waals surface area contributed by atoms with Gasteiger partial charge in [0.15, 0.2) is 0 Å². The summed E-state index contributed by atoms with van der Waals surface area (Å²) in [6.07, 6.45) is 1.63. The number of aliphatic hydroxyl groups is 1. The first-order valence-corrected chi connectivity index (χ1v) is 7.47. The molecule has 2 aliphatic heterocycles. The highest BCUT2D eigenvalue weighted by molar-refractivity contribution is 5.78. The minimum atomic E-state index is -1.83. The highest BCUT2D eigenvalue weighted by Crippen LogP contribution is 2.36. The first-order chi connectivity index (χ1) is 11.4. The summed E-state index contributed by atoms with van der Waals surface area (Å²) in [5.74, 6) is -2.65. The zero-order chi connectivity index (χ0) is 17.4. The van der Waals surface area contributed by atoms with Crippen molar-refractivity contribution in [2.75, 3.05) is 13.7 Å². The van der Waals surface area contributed by atoms with Gasteiger partial charge in [-0.1, -0.05) is 30.3 Å². The molecule has 0 spiro atoms. The van der Waals surface area contributed by atoms with Crippen LogP contribution in [0.3, 0.4) is 0 Å². The Hall–Kier alpha value is -1.39. The van der Waals surface area contributed by atoms with E-state index < -0.39 is 24.6 Å². The van der Waals surface area contributed by atoms with Crippen LogP contribution >= 0.6 is 0 Å². The van der Waals surface area contributed by atoms with Gasteiger partial charge in [0, 0.05) is 13.5 Å². The SMILES string of the molecule is [2H]OCC([2H])(C(=O)O[C@@]1([2H])CC2CC[C@H](C1)N2C)c1ccccc1. The molecule has 114 valence electrons. The molecule has 4 nitrogen and oxygen atoms in total. The molecule has 3 rings (SSSR count). The van der Waals surface area contributed by atoms with Crippen molar-refractivity contribution in [1.82, 2.24) is 4.90 Å². The Kier molecular flexibility index (Phi) is 3.29. The average molecular weight is 292 g/mol. The first kappa shape index (κ1) is 11.2. The van der Waals surface area contributed by atoms with Gasteiger partial charge in [-0.2, -0.15) is 0 Å². The highest BCUT2D eigenvalue weighted by Gasteiger charge is 2.40. The van der Waals surface area contributed by atoms with Crippen molar-refractivity contribution in [2.45, 2.75) is 49.7 Å². The summed E-state index contributed by atoms with van der Waals surface area (Å²) in [5, 5.41) is 4.37. The fourth-order valence-corrected chi connectivity index (χ4v) is 3.37. The predicted molar refractivity (Wildman–Crippen MR) is 80.0 cm³/mol. The number of carbonyl (C=O) groups is 1. The van der Waals surface area contributed by atoms with Crippen molar-refractivity contribution >= 4 is 5.97 Å². The zero-order valence-electron chi connectivity index (χ0n) is 15.2. The maximum atomic E-state index is 12.7. The topological polar surface area (TPSA) is 49.8 Å². The van der Waals surface area contributed by atoms with Crippen molar-refractivity contribution in [3.8, 4) is 0 Å². The number of ether oxygens (including phenoxy) is 1. The highest BCUT2D eigenvalue weighted by atomic mass is 16.5. The minimum absolute atomic E-state index is 0.248. The number of aliphatic hydroxyl groups excluding tert-OH is 1. The second kappa shape index (κ2) is 6.16. The molecule has 0 saturated carbocycles. The molecule has 0 aliphatic carbocycles. The van der Waals surface area contributed by atoms with Gasteiger partial charge < -0.3 is 14.7 Å². The van der Waals surface area contributed by atoms with E-state index in [0.29, 0.717) is 18.4 Å². The van der Waals surface area contributed by atoms with Gasteiger partial charge in [-0.3, -0.25) is 4.79 Å². The lowest BCUT2D eigenvalue weighted by Gasteiger charge is -2.36. The number of hydrogen-bond donors (Lipinski definition) is 1. The summed E-state index contributed by atoms with van der Waals surface area (Å²) in [6.45, 7) is -0.432. The van der Waals surface area contributed by atoms with Gasteiger partial charge in [0.2, 0.25) is 1.43 Å². The van der Waals surface area contributed by atoms with E-state index in [0.717, 1.165) is 12.8 Å². The van der Waals surface area contributed by atoms with E-state index in [9.17, 15) is 4.79 Å². The normalized spacial score (nSPS) is 37.1. The van der Waals surface area contributed by atoms with Crippen LogP contribution in [0.4, 0.5) is 0 Å². The van der Waals surface area contributed by atoms with Gasteiger partial charge >= 0.3 is 5.97 Å². The van der Waals surface area contributed by atoms with Crippen molar-refractivity contribution in [2.24, 2.45) is 0 Å². The summed E-state index contributed by atoms with van der Waals surface area (Å²) in [5.41, 5.74) is 0.404.